The maximum atomic E-state index is 13.9. The van der Waals surface area contributed by atoms with Crippen molar-refractivity contribution in [2.45, 2.75) is 38.1 Å². The predicted molar refractivity (Wildman–Crippen MR) is 94.1 cm³/mol. The Morgan fingerprint density at radius 1 is 1.17 bits per heavy atom. The van der Waals surface area contributed by atoms with Crippen LogP contribution in [0.1, 0.15) is 30.5 Å². The molecule has 0 aliphatic carbocycles. The fourth-order valence-electron chi connectivity index (χ4n) is 3.43. The Bertz CT molecular complexity index is 649. The Morgan fingerprint density at radius 2 is 1.88 bits per heavy atom. The average Bonchev–Trinajstić information content (AvgIpc) is 2.93. The zero-order valence-electron chi connectivity index (χ0n) is 14.0. The average molecular weight is 328 g/mol. The van der Waals surface area contributed by atoms with Gasteiger partial charge in [0, 0.05) is 37.3 Å². The van der Waals surface area contributed by atoms with Gasteiger partial charge in [0.2, 0.25) is 0 Å². The van der Waals surface area contributed by atoms with E-state index in [1.54, 1.807) is 6.07 Å². The fourth-order valence-corrected chi connectivity index (χ4v) is 3.43. The minimum Gasteiger partial charge on any atom is -0.392 e. The first-order chi connectivity index (χ1) is 11.6. The number of rotatable bonds is 6. The highest BCUT2D eigenvalue weighted by Crippen LogP contribution is 2.22. The molecule has 0 spiro atoms. The van der Waals surface area contributed by atoms with Crippen LogP contribution < -0.4 is 5.32 Å². The van der Waals surface area contributed by atoms with E-state index in [0.29, 0.717) is 12.1 Å². The quantitative estimate of drug-likeness (QED) is 0.855. The van der Waals surface area contributed by atoms with E-state index in [4.69, 9.17) is 0 Å². The summed E-state index contributed by atoms with van der Waals surface area (Å²) in [5, 5.41) is 13.5. The summed E-state index contributed by atoms with van der Waals surface area (Å²) < 4.78 is 13.9. The summed E-state index contributed by atoms with van der Waals surface area (Å²) in [6, 6.07) is 17.4. The van der Waals surface area contributed by atoms with Crippen molar-refractivity contribution in [3.63, 3.8) is 0 Å². The molecule has 1 heterocycles. The molecule has 0 radical (unpaired) electrons. The molecule has 2 N–H and O–H groups in total. The van der Waals surface area contributed by atoms with Gasteiger partial charge in [0.05, 0.1) is 6.10 Å². The van der Waals surface area contributed by atoms with Crippen LogP contribution in [0, 0.1) is 5.82 Å². The van der Waals surface area contributed by atoms with E-state index in [9.17, 15) is 9.50 Å². The molecule has 24 heavy (non-hydrogen) atoms. The summed E-state index contributed by atoms with van der Waals surface area (Å²) in [5.74, 6) is -0.176. The molecule has 0 amide bonds. The molecular formula is C20H25FN2O. The first-order valence-electron chi connectivity index (χ1n) is 8.57. The molecule has 3 atom stereocenters. The molecule has 3 rings (SSSR count). The largest absolute Gasteiger partial charge is 0.392 e. The van der Waals surface area contributed by atoms with Gasteiger partial charge in [-0.05, 0) is 25.0 Å². The molecule has 2 aromatic rings. The van der Waals surface area contributed by atoms with Gasteiger partial charge in [-0.25, -0.2) is 4.39 Å². The Hall–Kier alpha value is -1.75. The van der Waals surface area contributed by atoms with Crippen molar-refractivity contribution in [2.24, 2.45) is 0 Å². The summed E-state index contributed by atoms with van der Waals surface area (Å²) in [6.45, 7) is 4.23. The van der Waals surface area contributed by atoms with E-state index in [0.717, 1.165) is 19.5 Å². The van der Waals surface area contributed by atoms with E-state index in [-0.39, 0.29) is 24.0 Å². The lowest BCUT2D eigenvalue weighted by Crippen LogP contribution is -2.38. The summed E-state index contributed by atoms with van der Waals surface area (Å²) >= 11 is 0. The maximum absolute atomic E-state index is 13.9. The number of β-amino-alcohol motifs (C(OH)–C–C–N with tert-alkyl or cyclic N) is 1. The van der Waals surface area contributed by atoms with E-state index in [1.165, 1.54) is 11.6 Å². The van der Waals surface area contributed by atoms with Crippen LogP contribution in [0.2, 0.25) is 0 Å². The van der Waals surface area contributed by atoms with E-state index in [2.05, 4.69) is 22.3 Å². The highest BCUT2D eigenvalue weighted by atomic mass is 19.1. The van der Waals surface area contributed by atoms with Gasteiger partial charge >= 0.3 is 0 Å². The van der Waals surface area contributed by atoms with Crippen molar-refractivity contribution in [3.05, 3.63) is 71.5 Å². The van der Waals surface area contributed by atoms with E-state index < -0.39 is 0 Å². The summed E-state index contributed by atoms with van der Waals surface area (Å²) in [4.78, 5) is 2.31. The number of likely N-dealkylation sites (tertiary alicyclic amines) is 1. The lowest BCUT2D eigenvalue weighted by molar-refractivity contribution is 0.172. The van der Waals surface area contributed by atoms with Crippen molar-refractivity contribution in [3.8, 4) is 0 Å². The number of benzene rings is 2. The molecule has 128 valence electrons. The lowest BCUT2D eigenvalue weighted by atomic mass is 10.1. The smallest absolute Gasteiger partial charge is 0.127 e. The van der Waals surface area contributed by atoms with Crippen LogP contribution in [0.5, 0.6) is 0 Å². The third kappa shape index (κ3) is 4.20. The number of nitrogens with one attached hydrogen (secondary N) is 1. The Morgan fingerprint density at radius 3 is 2.62 bits per heavy atom. The number of hydrogen-bond donors (Lipinski definition) is 2. The molecule has 1 saturated heterocycles. The summed E-state index contributed by atoms with van der Waals surface area (Å²) in [6.07, 6.45) is 0.466. The molecule has 0 aromatic heterocycles. The highest BCUT2D eigenvalue weighted by molar-refractivity contribution is 5.20. The molecule has 0 bridgehead atoms. The van der Waals surface area contributed by atoms with Crippen LogP contribution in [0.3, 0.4) is 0 Å². The predicted octanol–water partition coefficient (Wildman–Crippen LogP) is 3.11. The molecule has 1 aliphatic heterocycles. The van der Waals surface area contributed by atoms with Crippen LogP contribution in [-0.2, 0) is 6.54 Å². The first-order valence-corrected chi connectivity index (χ1v) is 8.57. The lowest BCUT2D eigenvalue weighted by Gasteiger charge is -2.26. The Balaban J connectivity index is 1.59. The SMILES string of the molecule is CC(NCC1CC(O)CN1Cc1ccccc1)c1ccccc1F. The second-order valence-corrected chi connectivity index (χ2v) is 6.61. The van der Waals surface area contributed by atoms with Crippen LogP contribution in [0.25, 0.3) is 0 Å². The third-order valence-electron chi connectivity index (χ3n) is 4.77. The first kappa shape index (κ1) is 17.1. The maximum Gasteiger partial charge on any atom is 0.127 e. The van der Waals surface area contributed by atoms with Crippen LogP contribution in [-0.4, -0.2) is 35.2 Å². The molecular weight excluding hydrogens is 303 g/mol. The van der Waals surface area contributed by atoms with Gasteiger partial charge in [-0.3, -0.25) is 4.90 Å². The molecule has 3 nitrogen and oxygen atoms in total. The summed E-state index contributed by atoms with van der Waals surface area (Å²) in [5.41, 5.74) is 1.93. The van der Waals surface area contributed by atoms with Crippen molar-refractivity contribution >= 4 is 0 Å². The van der Waals surface area contributed by atoms with Gasteiger partial charge in [-0.2, -0.15) is 0 Å². The monoisotopic (exact) mass is 328 g/mol. The Kier molecular flexibility index (Phi) is 5.61. The van der Waals surface area contributed by atoms with Crippen molar-refractivity contribution in [1.82, 2.24) is 10.2 Å². The number of halogens is 1. The van der Waals surface area contributed by atoms with Crippen molar-refractivity contribution < 1.29 is 9.50 Å². The fraction of sp³-hybridized carbons (Fsp3) is 0.400. The van der Waals surface area contributed by atoms with Gasteiger partial charge < -0.3 is 10.4 Å². The summed E-state index contributed by atoms with van der Waals surface area (Å²) in [7, 11) is 0. The second-order valence-electron chi connectivity index (χ2n) is 6.61. The standard InChI is InChI=1S/C20H25FN2O/c1-15(19-9-5-6-10-20(19)21)22-12-17-11-18(24)14-23(17)13-16-7-3-2-4-8-16/h2-10,15,17-18,22,24H,11-14H2,1H3. The van der Waals surface area contributed by atoms with Gasteiger partial charge in [-0.1, -0.05) is 48.5 Å². The van der Waals surface area contributed by atoms with Gasteiger partial charge in [0.15, 0.2) is 0 Å². The van der Waals surface area contributed by atoms with Crippen molar-refractivity contribution in [1.29, 1.82) is 0 Å². The minimum absolute atomic E-state index is 0.0532. The zero-order valence-corrected chi connectivity index (χ0v) is 14.0. The zero-order chi connectivity index (χ0) is 16.9. The number of aliphatic hydroxyl groups excluding tert-OH is 1. The van der Waals surface area contributed by atoms with Gasteiger partial charge in [0.25, 0.3) is 0 Å². The van der Waals surface area contributed by atoms with Crippen LogP contribution in [0.15, 0.2) is 54.6 Å². The highest BCUT2D eigenvalue weighted by Gasteiger charge is 2.30. The van der Waals surface area contributed by atoms with Crippen molar-refractivity contribution in [2.75, 3.05) is 13.1 Å². The molecule has 3 unspecified atom stereocenters. The molecule has 0 saturated carbocycles. The molecule has 2 aromatic carbocycles. The van der Waals surface area contributed by atoms with Gasteiger partial charge in [0.1, 0.15) is 5.82 Å². The molecule has 1 aliphatic rings. The van der Waals surface area contributed by atoms with Crippen LogP contribution in [0.4, 0.5) is 4.39 Å². The molecule has 4 heteroatoms. The minimum atomic E-state index is -0.288. The van der Waals surface area contributed by atoms with E-state index in [1.807, 2.05) is 37.3 Å². The topological polar surface area (TPSA) is 35.5 Å². The van der Waals surface area contributed by atoms with Gasteiger partial charge in [-0.15, -0.1) is 0 Å². The van der Waals surface area contributed by atoms with Crippen LogP contribution >= 0.6 is 0 Å². The molecule has 1 fully saturated rings. The Labute approximate surface area is 143 Å². The van der Waals surface area contributed by atoms with E-state index >= 15 is 0 Å². The number of hydrogen-bond acceptors (Lipinski definition) is 3. The number of nitrogens with zero attached hydrogens (tertiary/aromatic N) is 1. The number of aliphatic hydroxyl groups is 1. The normalized spacial score (nSPS) is 22.6. The third-order valence-corrected chi connectivity index (χ3v) is 4.77. The second kappa shape index (κ2) is 7.88.